The fourth-order valence-corrected chi connectivity index (χ4v) is 2.13. The summed E-state index contributed by atoms with van der Waals surface area (Å²) in [6.45, 7) is 0.489. The molecule has 106 valence electrons. The van der Waals surface area contributed by atoms with Gasteiger partial charge >= 0.3 is 0 Å². The van der Waals surface area contributed by atoms with E-state index in [-0.39, 0.29) is 5.91 Å². The van der Waals surface area contributed by atoms with Crippen LogP contribution < -0.4 is 11.1 Å². The van der Waals surface area contributed by atoms with Crippen molar-refractivity contribution < 1.29 is 4.79 Å². The SMILES string of the molecule is Nc1cccc(C(=O)NCCc2nnc3ccccn23)c1. The van der Waals surface area contributed by atoms with Crippen molar-refractivity contribution >= 4 is 17.2 Å². The van der Waals surface area contributed by atoms with Crippen molar-refractivity contribution in [3.05, 3.63) is 60.0 Å². The number of aromatic nitrogens is 3. The normalized spacial score (nSPS) is 10.7. The third kappa shape index (κ3) is 2.84. The molecule has 3 rings (SSSR count). The van der Waals surface area contributed by atoms with E-state index in [1.54, 1.807) is 24.3 Å². The summed E-state index contributed by atoms with van der Waals surface area (Å²) in [7, 11) is 0. The summed E-state index contributed by atoms with van der Waals surface area (Å²) in [6.07, 6.45) is 2.52. The standard InChI is InChI=1S/C15H15N5O/c16-12-5-3-4-11(10-12)15(21)17-8-7-14-19-18-13-6-1-2-9-20(13)14/h1-6,9-10H,7-8,16H2,(H,17,21). The smallest absolute Gasteiger partial charge is 0.251 e. The van der Waals surface area contributed by atoms with Gasteiger partial charge in [0, 0.05) is 30.4 Å². The number of amides is 1. The molecule has 0 saturated carbocycles. The fourth-order valence-electron chi connectivity index (χ4n) is 2.13. The van der Waals surface area contributed by atoms with E-state index < -0.39 is 0 Å². The van der Waals surface area contributed by atoms with Gasteiger partial charge in [0.15, 0.2) is 5.65 Å². The van der Waals surface area contributed by atoms with E-state index in [1.807, 2.05) is 28.8 Å². The molecule has 3 N–H and O–H groups in total. The van der Waals surface area contributed by atoms with E-state index in [4.69, 9.17) is 5.73 Å². The van der Waals surface area contributed by atoms with Crippen molar-refractivity contribution in [2.75, 3.05) is 12.3 Å². The Morgan fingerprint density at radius 3 is 2.95 bits per heavy atom. The second-order valence-corrected chi connectivity index (χ2v) is 4.68. The Kier molecular flexibility index (Phi) is 3.51. The van der Waals surface area contributed by atoms with Crippen molar-refractivity contribution in [2.45, 2.75) is 6.42 Å². The van der Waals surface area contributed by atoms with Crippen LogP contribution in [0.25, 0.3) is 5.65 Å². The first-order chi connectivity index (χ1) is 10.2. The van der Waals surface area contributed by atoms with Crippen molar-refractivity contribution in [3.63, 3.8) is 0 Å². The number of nitrogen functional groups attached to an aromatic ring is 1. The highest BCUT2D eigenvalue weighted by Gasteiger charge is 2.07. The zero-order chi connectivity index (χ0) is 14.7. The van der Waals surface area contributed by atoms with Gasteiger partial charge in [-0.15, -0.1) is 10.2 Å². The Bertz CT molecular complexity index is 780. The Morgan fingerprint density at radius 1 is 1.19 bits per heavy atom. The molecule has 6 nitrogen and oxygen atoms in total. The molecule has 0 saturated heterocycles. The second-order valence-electron chi connectivity index (χ2n) is 4.68. The zero-order valence-corrected chi connectivity index (χ0v) is 11.4. The van der Waals surface area contributed by atoms with Crippen LogP contribution in [0.4, 0.5) is 5.69 Å². The minimum atomic E-state index is -0.142. The third-order valence-electron chi connectivity index (χ3n) is 3.17. The van der Waals surface area contributed by atoms with Gasteiger partial charge in [-0.1, -0.05) is 12.1 Å². The topological polar surface area (TPSA) is 85.3 Å². The molecule has 2 heterocycles. The minimum Gasteiger partial charge on any atom is -0.399 e. The number of hydrogen-bond donors (Lipinski definition) is 2. The first kappa shape index (κ1) is 13.1. The summed E-state index contributed by atoms with van der Waals surface area (Å²) in [6, 6.07) is 12.6. The van der Waals surface area contributed by atoms with Gasteiger partial charge in [0.05, 0.1) is 0 Å². The lowest BCUT2D eigenvalue weighted by Gasteiger charge is -2.05. The third-order valence-corrected chi connectivity index (χ3v) is 3.17. The van der Waals surface area contributed by atoms with Crippen LogP contribution in [0.15, 0.2) is 48.7 Å². The molecule has 0 aliphatic heterocycles. The molecule has 0 radical (unpaired) electrons. The van der Waals surface area contributed by atoms with Gasteiger partial charge in [-0.05, 0) is 30.3 Å². The number of carbonyl (C=O) groups excluding carboxylic acids is 1. The number of hydrogen-bond acceptors (Lipinski definition) is 4. The largest absolute Gasteiger partial charge is 0.399 e. The van der Waals surface area contributed by atoms with E-state index in [2.05, 4.69) is 15.5 Å². The Labute approximate surface area is 121 Å². The maximum atomic E-state index is 12.0. The molecule has 1 amide bonds. The average Bonchev–Trinajstić information content (AvgIpc) is 2.91. The molecule has 0 spiro atoms. The summed E-state index contributed by atoms with van der Waals surface area (Å²) in [5, 5.41) is 11.0. The van der Waals surface area contributed by atoms with Gasteiger partial charge in [0.25, 0.3) is 5.91 Å². The van der Waals surface area contributed by atoms with Crippen LogP contribution in [0.1, 0.15) is 16.2 Å². The summed E-state index contributed by atoms with van der Waals surface area (Å²) in [4.78, 5) is 12.0. The van der Waals surface area contributed by atoms with Gasteiger partial charge in [-0.3, -0.25) is 9.20 Å². The minimum absolute atomic E-state index is 0.142. The van der Waals surface area contributed by atoms with E-state index >= 15 is 0 Å². The second kappa shape index (κ2) is 5.62. The lowest BCUT2D eigenvalue weighted by atomic mass is 10.2. The quantitative estimate of drug-likeness (QED) is 0.705. The first-order valence-electron chi connectivity index (χ1n) is 6.66. The predicted octanol–water partition coefficient (Wildman–Crippen LogP) is 1.28. The molecule has 0 unspecified atom stereocenters. The predicted molar refractivity (Wildman–Crippen MR) is 79.9 cm³/mol. The molecule has 21 heavy (non-hydrogen) atoms. The molecule has 0 aliphatic rings. The van der Waals surface area contributed by atoms with E-state index in [0.717, 1.165) is 11.5 Å². The number of benzene rings is 1. The highest BCUT2D eigenvalue weighted by molar-refractivity contribution is 5.94. The van der Waals surface area contributed by atoms with Crippen LogP contribution in [0, 0.1) is 0 Å². The number of nitrogens with two attached hydrogens (primary N) is 1. The number of anilines is 1. The van der Waals surface area contributed by atoms with Crippen LogP contribution in [-0.4, -0.2) is 27.0 Å². The van der Waals surface area contributed by atoms with Gasteiger partial charge in [-0.2, -0.15) is 0 Å². The monoisotopic (exact) mass is 281 g/mol. The first-order valence-corrected chi connectivity index (χ1v) is 6.66. The summed E-state index contributed by atoms with van der Waals surface area (Å²) < 4.78 is 1.91. The summed E-state index contributed by atoms with van der Waals surface area (Å²) >= 11 is 0. The molecule has 0 bridgehead atoms. The molecular formula is C15H15N5O. The van der Waals surface area contributed by atoms with E-state index in [1.165, 1.54) is 0 Å². The molecule has 3 aromatic rings. The molecule has 0 aliphatic carbocycles. The number of nitrogens with one attached hydrogen (secondary N) is 1. The Morgan fingerprint density at radius 2 is 2.10 bits per heavy atom. The van der Waals surface area contributed by atoms with Crippen LogP contribution >= 0.6 is 0 Å². The zero-order valence-electron chi connectivity index (χ0n) is 11.4. The van der Waals surface area contributed by atoms with Crippen LogP contribution in [-0.2, 0) is 6.42 Å². The van der Waals surface area contributed by atoms with Crippen molar-refractivity contribution in [3.8, 4) is 0 Å². The number of carbonyl (C=O) groups is 1. The lowest BCUT2D eigenvalue weighted by molar-refractivity contribution is 0.0954. The molecule has 0 atom stereocenters. The van der Waals surface area contributed by atoms with Crippen LogP contribution in [0.3, 0.4) is 0 Å². The lowest BCUT2D eigenvalue weighted by Crippen LogP contribution is -2.26. The molecule has 0 fully saturated rings. The van der Waals surface area contributed by atoms with Gasteiger partial charge in [0.1, 0.15) is 5.82 Å². The summed E-state index contributed by atoms with van der Waals surface area (Å²) in [5.41, 5.74) is 7.60. The molecule has 6 heteroatoms. The van der Waals surface area contributed by atoms with Crippen molar-refractivity contribution in [1.29, 1.82) is 0 Å². The maximum absolute atomic E-state index is 12.0. The molecular weight excluding hydrogens is 266 g/mol. The maximum Gasteiger partial charge on any atom is 0.251 e. The van der Waals surface area contributed by atoms with Crippen molar-refractivity contribution in [2.24, 2.45) is 0 Å². The highest BCUT2D eigenvalue weighted by Crippen LogP contribution is 2.06. The van der Waals surface area contributed by atoms with Gasteiger partial charge in [0.2, 0.25) is 0 Å². The molecule has 2 aromatic heterocycles. The fraction of sp³-hybridized carbons (Fsp3) is 0.133. The van der Waals surface area contributed by atoms with Crippen LogP contribution in [0.5, 0.6) is 0 Å². The average molecular weight is 281 g/mol. The molecule has 1 aromatic carbocycles. The summed E-state index contributed by atoms with van der Waals surface area (Å²) in [5.74, 6) is 0.676. The van der Waals surface area contributed by atoms with Crippen LogP contribution in [0.2, 0.25) is 0 Å². The number of fused-ring (bicyclic) bond motifs is 1. The number of nitrogens with zero attached hydrogens (tertiary/aromatic N) is 3. The van der Waals surface area contributed by atoms with Gasteiger partial charge < -0.3 is 11.1 Å². The number of rotatable bonds is 4. The van der Waals surface area contributed by atoms with E-state index in [0.29, 0.717) is 24.2 Å². The van der Waals surface area contributed by atoms with Crippen molar-refractivity contribution in [1.82, 2.24) is 19.9 Å². The Balaban J connectivity index is 1.62. The highest BCUT2D eigenvalue weighted by atomic mass is 16.1. The number of pyridine rings is 1. The Hall–Kier alpha value is -2.89. The van der Waals surface area contributed by atoms with E-state index in [9.17, 15) is 4.79 Å². The van der Waals surface area contributed by atoms with Gasteiger partial charge in [-0.25, -0.2) is 0 Å².